The van der Waals surface area contributed by atoms with Gasteiger partial charge in [-0.25, -0.2) is 18.7 Å². The topological polar surface area (TPSA) is 102 Å². The number of methoxy groups -OCH3 is 1. The molecule has 5 N–H and O–H groups in total. The molecule has 0 saturated heterocycles. The number of fused-ring (bicyclic) bond motifs is 1. The minimum absolute atomic E-state index is 0.0308. The van der Waals surface area contributed by atoms with E-state index in [1.807, 2.05) is 26.8 Å². The van der Waals surface area contributed by atoms with Crippen molar-refractivity contribution in [1.82, 2.24) is 9.97 Å². The van der Waals surface area contributed by atoms with Crippen molar-refractivity contribution in [2.75, 3.05) is 28.8 Å². The lowest BCUT2D eigenvalue weighted by atomic mass is 10.1. The summed E-state index contributed by atoms with van der Waals surface area (Å²) in [4.78, 5) is 10.1. The monoisotopic (exact) mass is 492 g/mol. The van der Waals surface area contributed by atoms with E-state index in [1.54, 1.807) is 12.3 Å². The molecule has 2 heterocycles. The van der Waals surface area contributed by atoms with Crippen molar-refractivity contribution in [3.63, 3.8) is 0 Å². The molecule has 3 aromatic rings. The smallest absolute Gasteiger partial charge is 0.222 e. The van der Waals surface area contributed by atoms with Gasteiger partial charge in [0.2, 0.25) is 5.28 Å². The molecule has 1 atom stereocenters. The predicted octanol–water partition coefficient (Wildman–Crippen LogP) is 5.95. The molecule has 0 saturated carbocycles. The summed E-state index contributed by atoms with van der Waals surface area (Å²) in [5, 5.41) is 3.33. The van der Waals surface area contributed by atoms with Gasteiger partial charge in [0.05, 0.1) is 41.7 Å². The summed E-state index contributed by atoms with van der Waals surface area (Å²) in [6, 6.07) is 7.88. The maximum Gasteiger partial charge on any atom is 0.222 e. The summed E-state index contributed by atoms with van der Waals surface area (Å²) >= 11 is 5.82. The third-order valence-electron chi connectivity index (χ3n) is 4.95. The highest BCUT2D eigenvalue weighted by Gasteiger charge is 2.30. The standard InChI is InChI=1S/C15H16ClFN4.C7H9FN2O.C2H6/c1-8(2)21-9(3)19-14-11(17)6-10(7-13(14)21)12-4-5-18-15(16)20-12;1-11-7-2-4(8)5(9)3-6(7)10;1-2/h4-9,19H,1-3H3;2-3H,9-10H2,1H3;1-2H3. The molecule has 1 aromatic heterocycles. The van der Waals surface area contributed by atoms with Gasteiger partial charge in [-0.05, 0) is 56.6 Å². The van der Waals surface area contributed by atoms with E-state index >= 15 is 0 Å². The number of benzene rings is 2. The number of anilines is 4. The van der Waals surface area contributed by atoms with Crippen molar-refractivity contribution in [2.45, 2.75) is 46.8 Å². The fourth-order valence-electron chi connectivity index (χ4n) is 3.56. The number of rotatable bonds is 3. The number of aromatic nitrogens is 2. The van der Waals surface area contributed by atoms with Crippen LogP contribution in [-0.4, -0.2) is 29.3 Å². The first-order valence-electron chi connectivity index (χ1n) is 10.9. The lowest BCUT2D eigenvalue weighted by molar-refractivity contribution is 0.414. The molecular weight excluding hydrogens is 462 g/mol. The maximum absolute atomic E-state index is 14.4. The Morgan fingerprint density at radius 1 is 1.09 bits per heavy atom. The summed E-state index contributed by atoms with van der Waals surface area (Å²) in [7, 11) is 1.42. The quantitative estimate of drug-likeness (QED) is 0.307. The zero-order chi connectivity index (χ0) is 25.6. The van der Waals surface area contributed by atoms with Crippen LogP contribution >= 0.6 is 11.6 Å². The summed E-state index contributed by atoms with van der Waals surface area (Å²) in [6.07, 6.45) is 1.62. The largest absolute Gasteiger partial charge is 0.494 e. The Labute approximate surface area is 204 Å². The molecule has 10 heteroatoms. The van der Waals surface area contributed by atoms with Crippen LogP contribution in [0, 0.1) is 11.6 Å². The highest BCUT2D eigenvalue weighted by atomic mass is 35.5. The summed E-state index contributed by atoms with van der Waals surface area (Å²) < 4.78 is 31.8. The molecule has 0 amide bonds. The second kappa shape index (κ2) is 11.7. The van der Waals surface area contributed by atoms with Crippen LogP contribution in [0.15, 0.2) is 36.5 Å². The number of nitrogens with one attached hydrogen (secondary N) is 1. The number of hydrogen-bond acceptors (Lipinski definition) is 7. The number of halogens is 3. The van der Waals surface area contributed by atoms with Crippen LogP contribution in [0.5, 0.6) is 5.75 Å². The van der Waals surface area contributed by atoms with Crippen molar-refractivity contribution in [3.8, 4) is 17.0 Å². The lowest BCUT2D eigenvalue weighted by Crippen LogP contribution is -2.38. The van der Waals surface area contributed by atoms with Crippen LogP contribution in [0.4, 0.5) is 31.5 Å². The van der Waals surface area contributed by atoms with E-state index in [4.69, 9.17) is 27.8 Å². The SMILES string of the molecule is CC.CC(C)N1c2cc(-c3ccnc(Cl)n3)cc(F)c2NC1C.COc1cc(F)c(N)cc1N. The molecular formula is C24H31ClF2N6O. The second-order valence-electron chi connectivity index (χ2n) is 7.50. The fraction of sp³-hybridized carbons (Fsp3) is 0.333. The minimum Gasteiger partial charge on any atom is -0.494 e. The van der Waals surface area contributed by atoms with Gasteiger partial charge < -0.3 is 26.4 Å². The number of nitrogens with two attached hydrogens (primary N) is 2. The Kier molecular flexibility index (Phi) is 9.26. The van der Waals surface area contributed by atoms with Crippen LogP contribution in [0.3, 0.4) is 0 Å². The van der Waals surface area contributed by atoms with Gasteiger partial charge in [0.1, 0.15) is 17.4 Å². The van der Waals surface area contributed by atoms with Crippen molar-refractivity contribution < 1.29 is 13.5 Å². The molecule has 0 bridgehead atoms. The molecule has 0 aliphatic carbocycles. The van der Waals surface area contributed by atoms with Gasteiger partial charge in [-0.15, -0.1) is 0 Å². The molecule has 1 aliphatic heterocycles. The molecule has 184 valence electrons. The van der Waals surface area contributed by atoms with Crippen LogP contribution in [0.1, 0.15) is 34.6 Å². The number of nitrogen functional groups attached to an aromatic ring is 2. The number of ether oxygens (including phenoxy) is 1. The molecule has 0 fully saturated rings. The molecule has 4 rings (SSSR count). The predicted molar refractivity (Wildman–Crippen MR) is 136 cm³/mol. The Hall–Kier alpha value is -3.33. The van der Waals surface area contributed by atoms with Crippen molar-refractivity contribution >= 4 is 34.4 Å². The average Bonchev–Trinajstić information content (AvgIpc) is 3.14. The molecule has 0 spiro atoms. The van der Waals surface area contributed by atoms with Gasteiger partial charge >= 0.3 is 0 Å². The molecule has 2 aromatic carbocycles. The van der Waals surface area contributed by atoms with Gasteiger partial charge in [-0.3, -0.25) is 0 Å². The van der Waals surface area contributed by atoms with E-state index in [2.05, 4.69) is 34.0 Å². The van der Waals surface area contributed by atoms with Crippen LogP contribution in [0.25, 0.3) is 11.3 Å². The van der Waals surface area contributed by atoms with Crippen LogP contribution in [-0.2, 0) is 0 Å². The summed E-state index contributed by atoms with van der Waals surface area (Å²) in [5.41, 5.74) is 13.7. The maximum atomic E-state index is 14.4. The first kappa shape index (κ1) is 26.9. The van der Waals surface area contributed by atoms with Crippen molar-refractivity contribution in [2.24, 2.45) is 0 Å². The van der Waals surface area contributed by atoms with Crippen LogP contribution in [0.2, 0.25) is 5.28 Å². The van der Waals surface area contributed by atoms with Crippen LogP contribution < -0.4 is 26.4 Å². The Bertz CT molecular complexity index is 1130. The molecule has 7 nitrogen and oxygen atoms in total. The first-order valence-corrected chi connectivity index (χ1v) is 11.3. The van der Waals surface area contributed by atoms with Crippen molar-refractivity contribution in [3.05, 3.63) is 53.4 Å². The average molecular weight is 493 g/mol. The lowest BCUT2D eigenvalue weighted by Gasteiger charge is -2.28. The zero-order valence-electron chi connectivity index (χ0n) is 20.2. The van der Waals surface area contributed by atoms with E-state index in [9.17, 15) is 8.78 Å². The van der Waals surface area contributed by atoms with E-state index in [-0.39, 0.29) is 29.0 Å². The third kappa shape index (κ3) is 5.96. The molecule has 1 unspecified atom stereocenters. The van der Waals surface area contributed by atoms with E-state index < -0.39 is 5.82 Å². The Morgan fingerprint density at radius 3 is 2.35 bits per heavy atom. The Morgan fingerprint density at radius 2 is 1.76 bits per heavy atom. The highest BCUT2D eigenvalue weighted by Crippen LogP contribution is 2.40. The van der Waals surface area contributed by atoms with E-state index in [0.717, 1.165) is 11.8 Å². The zero-order valence-corrected chi connectivity index (χ0v) is 20.9. The van der Waals surface area contributed by atoms with Crippen molar-refractivity contribution in [1.29, 1.82) is 0 Å². The first-order chi connectivity index (χ1) is 16.1. The highest BCUT2D eigenvalue weighted by molar-refractivity contribution is 6.28. The second-order valence-corrected chi connectivity index (χ2v) is 7.84. The fourth-order valence-corrected chi connectivity index (χ4v) is 3.71. The van der Waals surface area contributed by atoms with Gasteiger partial charge in [0, 0.05) is 23.9 Å². The number of hydrogen-bond donors (Lipinski definition) is 3. The summed E-state index contributed by atoms with van der Waals surface area (Å²) in [5.74, 6) is -0.500. The van der Waals surface area contributed by atoms with Gasteiger partial charge in [0.25, 0.3) is 0 Å². The molecule has 34 heavy (non-hydrogen) atoms. The normalized spacial score (nSPS) is 13.8. The third-order valence-corrected chi connectivity index (χ3v) is 5.13. The van der Waals surface area contributed by atoms with E-state index in [0.29, 0.717) is 28.4 Å². The summed E-state index contributed by atoms with van der Waals surface area (Å²) in [6.45, 7) is 10.2. The number of nitrogens with zero attached hydrogens (tertiary/aromatic N) is 3. The molecule has 0 radical (unpaired) electrons. The molecule has 1 aliphatic rings. The van der Waals surface area contributed by atoms with Gasteiger partial charge in [0.15, 0.2) is 0 Å². The Balaban J connectivity index is 0.000000266. The van der Waals surface area contributed by atoms with Gasteiger partial charge in [-0.2, -0.15) is 0 Å². The minimum atomic E-state index is -0.518. The van der Waals surface area contributed by atoms with E-state index in [1.165, 1.54) is 19.2 Å². The van der Waals surface area contributed by atoms with Gasteiger partial charge in [-0.1, -0.05) is 13.8 Å².